The van der Waals surface area contributed by atoms with Crippen LogP contribution in [0.25, 0.3) is 0 Å². The maximum atomic E-state index is 5.98. The molecule has 0 aromatic heterocycles. The molecule has 18 heavy (non-hydrogen) atoms. The van der Waals surface area contributed by atoms with Gasteiger partial charge < -0.3 is 10.1 Å². The van der Waals surface area contributed by atoms with Crippen LogP contribution in [0.4, 0.5) is 0 Å². The fourth-order valence-corrected chi connectivity index (χ4v) is 2.43. The van der Waals surface area contributed by atoms with Gasteiger partial charge in [-0.15, -0.1) is 0 Å². The summed E-state index contributed by atoms with van der Waals surface area (Å²) in [4.78, 5) is 0. The quantitative estimate of drug-likeness (QED) is 0.822. The number of rotatable bonds is 6. The normalized spacial score (nSPS) is 13.4. The van der Waals surface area contributed by atoms with E-state index >= 15 is 0 Å². The van der Waals surface area contributed by atoms with Crippen molar-refractivity contribution in [2.24, 2.45) is 0 Å². The van der Waals surface area contributed by atoms with Gasteiger partial charge in [-0.25, -0.2) is 0 Å². The first-order valence-electron chi connectivity index (χ1n) is 6.61. The second-order valence-electron chi connectivity index (χ2n) is 5.18. The van der Waals surface area contributed by atoms with Crippen molar-refractivity contribution >= 4 is 15.9 Å². The van der Waals surface area contributed by atoms with E-state index in [0.29, 0.717) is 6.04 Å². The Kier molecular flexibility index (Phi) is 5.67. The lowest BCUT2D eigenvalue weighted by Gasteiger charge is -2.25. The predicted molar refractivity (Wildman–Crippen MR) is 81.2 cm³/mol. The van der Waals surface area contributed by atoms with E-state index < -0.39 is 0 Å². The van der Waals surface area contributed by atoms with Gasteiger partial charge in [-0.3, -0.25) is 0 Å². The summed E-state index contributed by atoms with van der Waals surface area (Å²) in [5.41, 5.74) is 1.15. The Morgan fingerprint density at radius 1 is 1.33 bits per heavy atom. The van der Waals surface area contributed by atoms with E-state index in [9.17, 15) is 0 Å². The van der Waals surface area contributed by atoms with Crippen LogP contribution in [-0.2, 0) is 0 Å². The highest BCUT2D eigenvalue weighted by molar-refractivity contribution is 9.10. The van der Waals surface area contributed by atoms with Gasteiger partial charge in [0, 0.05) is 10.5 Å². The van der Waals surface area contributed by atoms with Crippen molar-refractivity contribution in [2.75, 3.05) is 6.54 Å². The number of hydrogen-bond donors (Lipinski definition) is 1. The molecule has 102 valence electrons. The molecule has 0 bridgehead atoms. The van der Waals surface area contributed by atoms with Gasteiger partial charge >= 0.3 is 0 Å². The minimum atomic E-state index is -0.117. The molecule has 1 aromatic rings. The van der Waals surface area contributed by atoms with Crippen LogP contribution in [0.15, 0.2) is 22.7 Å². The first-order chi connectivity index (χ1) is 8.39. The van der Waals surface area contributed by atoms with Gasteiger partial charge in [0.2, 0.25) is 0 Å². The van der Waals surface area contributed by atoms with Crippen LogP contribution < -0.4 is 10.1 Å². The fourth-order valence-electron chi connectivity index (χ4n) is 1.73. The maximum absolute atomic E-state index is 5.98. The Morgan fingerprint density at radius 3 is 2.50 bits per heavy atom. The lowest BCUT2D eigenvalue weighted by Crippen LogP contribution is -2.26. The summed E-state index contributed by atoms with van der Waals surface area (Å²) >= 11 is 3.63. The Balaban J connectivity index is 2.85. The second-order valence-corrected chi connectivity index (χ2v) is 6.03. The summed E-state index contributed by atoms with van der Waals surface area (Å²) in [6.07, 6.45) is 0.986. The van der Waals surface area contributed by atoms with Crippen LogP contribution in [-0.4, -0.2) is 12.1 Å². The highest BCUT2D eigenvalue weighted by Crippen LogP contribution is 2.30. The van der Waals surface area contributed by atoms with Gasteiger partial charge in [0.15, 0.2) is 0 Å². The molecular formula is C15H24BrNO. The van der Waals surface area contributed by atoms with E-state index in [4.69, 9.17) is 4.74 Å². The molecule has 0 aliphatic carbocycles. The SMILES string of the molecule is CCNC(C)c1ccc(OC(C)(C)CC)cc1Br. The van der Waals surface area contributed by atoms with Gasteiger partial charge in [-0.05, 0) is 51.4 Å². The molecule has 1 atom stereocenters. The molecule has 1 unspecified atom stereocenters. The third kappa shape index (κ3) is 4.29. The average Bonchev–Trinajstić information content (AvgIpc) is 2.29. The predicted octanol–water partition coefficient (Wildman–Crippen LogP) is 4.69. The topological polar surface area (TPSA) is 21.3 Å². The van der Waals surface area contributed by atoms with Crippen LogP contribution in [0.1, 0.15) is 52.6 Å². The molecular weight excluding hydrogens is 290 g/mol. The minimum Gasteiger partial charge on any atom is -0.488 e. The monoisotopic (exact) mass is 313 g/mol. The van der Waals surface area contributed by atoms with Crippen LogP contribution in [0.5, 0.6) is 5.75 Å². The molecule has 1 N–H and O–H groups in total. The minimum absolute atomic E-state index is 0.117. The first kappa shape index (κ1) is 15.5. The second kappa shape index (κ2) is 6.58. The maximum Gasteiger partial charge on any atom is 0.121 e. The number of benzene rings is 1. The van der Waals surface area contributed by atoms with E-state index in [0.717, 1.165) is 23.2 Å². The van der Waals surface area contributed by atoms with Crippen LogP contribution >= 0.6 is 15.9 Å². The van der Waals surface area contributed by atoms with E-state index in [2.05, 4.69) is 68.0 Å². The van der Waals surface area contributed by atoms with Crippen molar-refractivity contribution in [2.45, 2.75) is 52.7 Å². The average molecular weight is 314 g/mol. The molecule has 0 heterocycles. The lowest BCUT2D eigenvalue weighted by atomic mass is 10.1. The summed E-state index contributed by atoms with van der Waals surface area (Å²) in [6.45, 7) is 11.6. The summed E-state index contributed by atoms with van der Waals surface area (Å²) in [5, 5.41) is 3.41. The zero-order chi connectivity index (χ0) is 13.8. The van der Waals surface area contributed by atoms with E-state index in [-0.39, 0.29) is 5.60 Å². The Bertz CT molecular complexity index is 390. The van der Waals surface area contributed by atoms with Gasteiger partial charge in [-0.2, -0.15) is 0 Å². The van der Waals surface area contributed by atoms with Crippen molar-refractivity contribution in [3.63, 3.8) is 0 Å². The largest absolute Gasteiger partial charge is 0.488 e. The Morgan fingerprint density at radius 2 is 2.00 bits per heavy atom. The molecule has 0 aliphatic rings. The number of hydrogen-bond acceptors (Lipinski definition) is 2. The van der Waals surface area contributed by atoms with Crippen molar-refractivity contribution in [1.82, 2.24) is 5.32 Å². The van der Waals surface area contributed by atoms with E-state index in [1.165, 1.54) is 5.56 Å². The lowest BCUT2D eigenvalue weighted by molar-refractivity contribution is 0.105. The third-order valence-electron chi connectivity index (χ3n) is 3.19. The van der Waals surface area contributed by atoms with Crippen molar-refractivity contribution in [1.29, 1.82) is 0 Å². The molecule has 1 aromatic carbocycles. The molecule has 0 saturated carbocycles. The van der Waals surface area contributed by atoms with Crippen LogP contribution in [0.2, 0.25) is 0 Å². The van der Waals surface area contributed by atoms with Gasteiger partial charge in [0.05, 0.1) is 0 Å². The van der Waals surface area contributed by atoms with Crippen molar-refractivity contribution in [3.05, 3.63) is 28.2 Å². The van der Waals surface area contributed by atoms with Gasteiger partial charge in [0.1, 0.15) is 11.4 Å². The zero-order valence-electron chi connectivity index (χ0n) is 12.0. The molecule has 0 saturated heterocycles. The fraction of sp³-hybridized carbons (Fsp3) is 0.600. The van der Waals surface area contributed by atoms with Gasteiger partial charge in [0.25, 0.3) is 0 Å². The molecule has 3 heteroatoms. The summed E-state index contributed by atoms with van der Waals surface area (Å²) in [5.74, 6) is 0.918. The number of ether oxygens (including phenoxy) is 1. The van der Waals surface area contributed by atoms with Gasteiger partial charge in [-0.1, -0.05) is 35.8 Å². The Hall–Kier alpha value is -0.540. The highest BCUT2D eigenvalue weighted by Gasteiger charge is 2.17. The van der Waals surface area contributed by atoms with E-state index in [1.807, 2.05) is 6.07 Å². The molecule has 0 fully saturated rings. The zero-order valence-corrected chi connectivity index (χ0v) is 13.6. The highest BCUT2D eigenvalue weighted by atomic mass is 79.9. The smallest absolute Gasteiger partial charge is 0.121 e. The molecule has 0 amide bonds. The third-order valence-corrected chi connectivity index (χ3v) is 3.88. The molecule has 2 nitrogen and oxygen atoms in total. The summed E-state index contributed by atoms with van der Waals surface area (Å²) in [7, 11) is 0. The summed E-state index contributed by atoms with van der Waals surface area (Å²) in [6, 6.07) is 6.57. The standard InChI is InChI=1S/C15H24BrNO/c1-6-15(4,5)18-12-8-9-13(14(16)10-12)11(3)17-7-2/h8-11,17H,6-7H2,1-5H3. The molecule has 0 radical (unpaired) electrons. The van der Waals surface area contributed by atoms with Crippen LogP contribution in [0.3, 0.4) is 0 Å². The summed E-state index contributed by atoms with van der Waals surface area (Å²) < 4.78 is 7.07. The van der Waals surface area contributed by atoms with Crippen LogP contribution in [0, 0.1) is 0 Å². The van der Waals surface area contributed by atoms with E-state index in [1.54, 1.807) is 0 Å². The molecule has 0 spiro atoms. The van der Waals surface area contributed by atoms with Crippen molar-refractivity contribution in [3.8, 4) is 5.75 Å². The number of halogens is 1. The number of nitrogens with one attached hydrogen (secondary N) is 1. The van der Waals surface area contributed by atoms with Crippen molar-refractivity contribution < 1.29 is 4.74 Å². The molecule has 0 aliphatic heterocycles. The first-order valence-corrected chi connectivity index (χ1v) is 7.40. The Labute approximate surface area is 119 Å². The molecule has 1 rings (SSSR count).